The van der Waals surface area contributed by atoms with Crippen molar-refractivity contribution in [1.82, 2.24) is 0 Å². The van der Waals surface area contributed by atoms with Crippen LogP contribution in [0.4, 0.5) is 5.69 Å². The highest BCUT2D eigenvalue weighted by Crippen LogP contribution is 2.20. The van der Waals surface area contributed by atoms with Gasteiger partial charge in [-0.15, -0.1) is 5.54 Å². The minimum Gasteiger partial charge on any atom is -0.399 e. The molecule has 0 aliphatic carbocycles. The van der Waals surface area contributed by atoms with Crippen molar-refractivity contribution in [3.05, 3.63) is 54.1 Å². The van der Waals surface area contributed by atoms with Gasteiger partial charge in [0, 0.05) is 11.3 Å². The third-order valence-electron chi connectivity index (χ3n) is 2.71. The van der Waals surface area contributed by atoms with Crippen LogP contribution in [0.3, 0.4) is 0 Å². The van der Waals surface area contributed by atoms with Gasteiger partial charge in [-0.1, -0.05) is 49.8 Å². The van der Waals surface area contributed by atoms with Gasteiger partial charge < -0.3 is 5.73 Å². The molecule has 1 nitrogen and oxygen atoms in total. The van der Waals surface area contributed by atoms with Crippen LogP contribution >= 0.6 is 0 Å². The molecule has 0 fully saturated rings. The third-order valence-corrected chi connectivity index (χ3v) is 3.59. The molecule has 0 atom stereocenters. The zero-order valence-electron chi connectivity index (χ0n) is 11.7. The topological polar surface area (TPSA) is 26.0 Å². The van der Waals surface area contributed by atoms with Crippen LogP contribution in [0.25, 0.3) is 11.1 Å². The normalized spacial score (nSPS) is 10.7. The number of hydrogen-bond acceptors (Lipinski definition) is 1. The van der Waals surface area contributed by atoms with E-state index in [9.17, 15) is 0 Å². The first-order valence-electron chi connectivity index (χ1n) is 6.43. The largest absolute Gasteiger partial charge is 0.399 e. The van der Waals surface area contributed by atoms with Gasteiger partial charge in [0.05, 0.1) is 0 Å². The smallest absolute Gasteiger partial charge is 0.129 e. The van der Waals surface area contributed by atoms with Crippen molar-refractivity contribution >= 4 is 13.8 Å². The van der Waals surface area contributed by atoms with Crippen LogP contribution in [0.1, 0.15) is 5.56 Å². The Bertz CT molecular complexity index is 608. The Morgan fingerprint density at radius 3 is 1.74 bits per heavy atom. The molecule has 0 bridgehead atoms. The SMILES string of the molecule is C[Si](C)(C)C#Cc1ccc(-c2ccc(N)cc2)cc1. The lowest BCUT2D eigenvalue weighted by molar-refractivity contribution is 1.59. The van der Waals surface area contributed by atoms with E-state index in [1.165, 1.54) is 11.1 Å². The van der Waals surface area contributed by atoms with Gasteiger partial charge >= 0.3 is 0 Å². The second-order valence-electron chi connectivity index (χ2n) is 5.70. The van der Waals surface area contributed by atoms with Crippen LogP contribution in [-0.4, -0.2) is 8.07 Å². The van der Waals surface area contributed by atoms with E-state index in [-0.39, 0.29) is 0 Å². The first-order valence-corrected chi connectivity index (χ1v) is 9.93. The quantitative estimate of drug-likeness (QED) is 0.467. The van der Waals surface area contributed by atoms with Crippen LogP contribution in [-0.2, 0) is 0 Å². The Morgan fingerprint density at radius 2 is 1.26 bits per heavy atom. The molecule has 96 valence electrons. The predicted octanol–water partition coefficient (Wildman–Crippen LogP) is 4.16. The first-order chi connectivity index (χ1) is 8.94. The highest BCUT2D eigenvalue weighted by Gasteiger charge is 2.07. The molecule has 2 rings (SSSR count). The zero-order valence-corrected chi connectivity index (χ0v) is 12.7. The molecule has 0 aliphatic rings. The molecule has 0 unspecified atom stereocenters. The Balaban J connectivity index is 2.23. The average molecular weight is 265 g/mol. The maximum absolute atomic E-state index is 5.69. The van der Waals surface area contributed by atoms with Gasteiger partial charge in [-0.2, -0.15) is 0 Å². The van der Waals surface area contributed by atoms with E-state index >= 15 is 0 Å². The number of hydrogen-bond donors (Lipinski definition) is 1. The lowest BCUT2D eigenvalue weighted by Crippen LogP contribution is -2.16. The Morgan fingerprint density at radius 1 is 0.789 bits per heavy atom. The lowest BCUT2D eigenvalue weighted by atomic mass is 10.0. The van der Waals surface area contributed by atoms with E-state index in [2.05, 4.69) is 55.4 Å². The van der Waals surface area contributed by atoms with Gasteiger partial charge in [0.1, 0.15) is 8.07 Å². The van der Waals surface area contributed by atoms with Gasteiger partial charge in [0.25, 0.3) is 0 Å². The van der Waals surface area contributed by atoms with E-state index < -0.39 is 8.07 Å². The van der Waals surface area contributed by atoms with Crippen molar-refractivity contribution < 1.29 is 0 Å². The molecule has 0 aromatic heterocycles. The predicted molar refractivity (Wildman–Crippen MR) is 86.5 cm³/mol. The van der Waals surface area contributed by atoms with E-state index in [1.807, 2.05) is 24.3 Å². The summed E-state index contributed by atoms with van der Waals surface area (Å²) in [6, 6.07) is 16.3. The number of rotatable bonds is 1. The highest BCUT2D eigenvalue weighted by molar-refractivity contribution is 6.83. The summed E-state index contributed by atoms with van der Waals surface area (Å²) in [5.74, 6) is 3.26. The molecule has 2 heteroatoms. The number of nitrogens with two attached hydrogens (primary N) is 1. The summed E-state index contributed by atoms with van der Waals surface area (Å²) in [5, 5.41) is 0. The second kappa shape index (κ2) is 5.34. The fourth-order valence-electron chi connectivity index (χ4n) is 1.68. The first kappa shape index (κ1) is 13.4. The molecule has 2 N–H and O–H groups in total. The number of benzene rings is 2. The number of nitrogen functional groups attached to an aromatic ring is 1. The van der Waals surface area contributed by atoms with Crippen LogP contribution in [0.2, 0.25) is 19.6 Å². The summed E-state index contributed by atoms with van der Waals surface area (Å²) < 4.78 is 0. The summed E-state index contributed by atoms with van der Waals surface area (Å²) >= 11 is 0. The molecule has 0 amide bonds. The van der Waals surface area contributed by atoms with Crippen LogP contribution in [0.5, 0.6) is 0 Å². The average Bonchev–Trinajstić information content (AvgIpc) is 2.37. The summed E-state index contributed by atoms with van der Waals surface area (Å²) in [5.41, 5.74) is 13.3. The summed E-state index contributed by atoms with van der Waals surface area (Å²) in [6.07, 6.45) is 0. The molecule has 0 spiro atoms. The standard InChI is InChI=1S/C17H19NSi/c1-19(2,3)13-12-14-4-6-15(7-5-14)16-8-10-17(18)11-9-16/h4-11H,18H2,1-3H3. The minimum atomic E-state index is -1.30. The van der Waals surface area contributed by atoms with Gasteiger partial charge in [0.2, 0.25) is 0 Å². The van der Waals surface area contributed by atoms with Crippen molar-refractivity contribution in [2.24, 2.45) is 0 Å². The highest BCUT2D eigenvalue weighted by atomic mass is 28.3. The van der Waals surface area contributed by atoms with Crippen molar-refractivity contribution in [3.8, 4) is 22.6 Å². The number of anilines is 1. The zero-order chi connectivity index (χ0) is 13.9. The second-order valence-corrected chi connectivity index (χ2v) is 10.4. The molecule has 19 heavy (non-hydrogen) atoms. The Kier molecular flexibility index (Phi) is 3.78. The summed E-state index contributed by atoms with van der Waals surface area (Å²) in [7, 11) is -1.30. The summed E-state index contributed by atoms with van der Waals surface area (Å²) in [4.78, 5) is 0. The third kappa shape index (κ3) is 4.01. The molecule has 0 heterocycles. The molecular weight excluding hydrogens is 246 g/mol. The fraction of sp³-hybridized carbons (Fsp3) is 0.176. The monoisotopic (exact) mass is 265 g/mol. The Hall–Kier alpha value is -1.98. The van der Waals surface area contributed by atoms with E-state index in [0.717, 1.165) is 11.3 Å². The van der Waals surface area contributed by atoms with Crippen molar-refractivity contribution in [2.75, 3.05) is 5.73 Å². The van der Waals surface area contributed by atoms with Gasteiger partial charge in [-0.25, -0.2) is 0 Å². The molecule has 0 saturated heterocycles. The van der Waals surface area contributed by atoms with Crippen LogP contribution < -0.4 is 5.73 Å². The lowest BCUT2D eigenvalue weighted by Gasteiger charge is -2.04. The van der Waals surface area contributed by atoms with Crippen molar-refractivity contribution in [1.29, 1.82) is 0 Å². The minimum absolute atomic E-state index is 0.793. The molecule has 0 saturated carbocycles. The van der Waals surface area contributed by atoms with Crippen molar-refractivity contribution in [3.63, 3.8) is 0 Å². The Labute approximate surface area is 116 Å². The van der Waals surface area contributed by atoms with Crippen molar-refractivity contribution in [2.45, 2.75) is 19.6 Å². The molecule has 2 aromatic rings. The molecule has 0 aliphatic heterocycles. The molecular formula is C17H19NSi. The van der Waals surface area contributed by atoms with E-state index in [0.29, 0.717) is 0 Å². The maximum Gasteiger partial charge on any atom is 0.129 e. The molecule has 0 radical (unpaired) electrons. The van der Waals surface area contributed by atoms with Gasteiger partial charge in [-0.3, -0.25) is 0 Å². The van der Waals surface area contributed by atoms with Gasteiger partial charge in [0.15, 0.2) is 0 Å². The molecule has 2 aromatic carbocycles. The maximum atomic E-state index is 5.69. The van der Waals surface area contributed by atoms with E-state index in [4.69, 9.17) is 5.73 Å². The van der Waals surface area contributed by atoms with Gasteiger partial charge in [-0.05, 0) is 35.4 Å². The fourth-order valence-corrected chi connectivity index (χ4v) is 2.20. The van der Waals surface area contributed by atoms with Crippen LogP contribution in [0.15, 0.2) is 48.5 Å². The summed E-state index contributed by atoms with van der Waals surface area (Å²) in [6.45, 7) is 6.76. The van der Waals surface area contributed by atoms with E-state index in [1.54, 1.807) is 0 Å². The van der Waals surface area contributed by atoms with Crippen LogP contribution in [0, 0.1) is 11.5 Å².